The van der Waals surface area contributed by atoms with Crippen LogP contribution in [0.3, 0.4) is 0 Å². The number of aryl methyl sites for hydroxylation is 3. The standard InChI is InChI=1S/C25H33NO2/c1-18(2)21-12-10-20(11-13-21)7-6-16-26-25(27)19(3)28-24-15-14-22-8-4-5-9-23(22)17-24/h10-15,17-19H,4-9,16H2,1-3H3,(H,26,27)/t19-/m1/s1. The van der Waals surface area contributed by atoms with E-state index in [2.05, 4.69) is 55.6 Å². The third-order valence-electron chi connectivity index (χ3n) is 5.59. The number of nitrogens with one attached hydrogen (secondary N) is 1. The molecular weight excluding hydrogens is 346 g/mol. The van der Waals surface area contributed by atoms with E-state index in [1.807, 2.05) is 13.0 Å². The number of hydrogen-bond donors (Lipinski definition) is 1. The van der Waals surface area contributed by atoms with Crippen LogP contribution < -0.4 is 10.1 Å². The third kappa shape index (κ3) is 5.60. The van der Waals surface area contributed by atoms with E-state index in [0.717, 1.165) is 31.4 Å². The second-order valence-corrected chi connectivity index (χ2v) is 8.19. The minimum atomic E-state index is -0.480. The lowest BCUT2D eigenvalue weighted by molar-refractivity contribution is -0.127. The van der Waals surface area contributed by atoms with Crippen molar-refractivity contribution in [1.82, 2.24) is 5.32 Å². The van der Waals surface area contributed by atoms with Gasteiger partial charge in [0, 0.05) is 6.54 Å². The number of amides is 1. The molecular formula is C25H33NO2. The Morgan fingerprint density at radius 1 is 1.00 bits per heavy atom. The van der Waals surface area contributed by atoms with Crippen molar-refractivity contribution in [2.75, 3.05) is 6.54 Å². The zero-order chi connectivity index (χ0) is 19.9. The minimum absolute atomic E-state index is 0.0483. The highest BCUT2D eigenvalue weighted by Gasteiger charge is 2.16. The van der Waals surface area contributed by atoms with Gasteiger partial charge in [0.1, 0.15) is 5.75 Å². The van der Waals surface area contributed by atoms with Crippen molar-refractivity contribution < 1.29 is 9.53 Å². The summed E-state index contributed by atoms with van der Waals surface area (Å²) in [6.45, 7) is 6.90. The topological polar surface area (TPSA) is 38.3 Å². The summed E-state index contributed by atoms with van der Waals surface area (Å²) in [5.74, 6) is 1.31. The molecule has 3 nitrogen and oxygen atoms in total. The smallest absolute Gasteiger partial charge is 0.260 e. The van der Waals surface area contributed by atoms with E-state index in [1.165, 1.54) is 35.1 Å². The molecule has 1 aliphatic carbocycles. The number of carbonyl (C=O) groups is 1. The predicted molar refractivity (Wildman–Crippen MR) is 115 cm³/mol. The second kappa shape index (κ2) is 9.77. The molecule has 0 radical (unpaired) electrons. The second-order valence-electron chi connectivity index (χ2n) is 8.19. The number of hydrogen-bond acceptors (Lipinski definition) is 2. The quantitative estimate of drug-likeness (QED) is 0.640. The van der Waals surface area contributed by atoms with Crippen molar-refractivity contribution in [2.24, 2.45) is 0 Å². The summed E-state index contributed by atoms with van der Waals surface area (Å²) in [6.07, 6.45) is 6.21. The van der Waals surface area contributed by atoms with Gasteiger partial charge in [-0.3, -0.25) is 4.79 Å². The molecule has 28 heavy (non-hydrogen) atoms. The van der Waals surface area contributed by atoms with E-state index < -0.39 is 6.10 Å². The van der Waals surface area contributed by atoms with Gasteiger partial charge in [-0.15, -0.1) is 0 Å². The molecule has 0 fully saturated rings. The highest BCUT2D eigenvalue weighted by molar-refractivity contribution is 5.80. The van der Waals surface area contributed by atoms with E-state index in [4.69, 9.17) is 4.74 Å². The van der Waals surface area contributed by atoms with Crippen LogP contribution in [0.5, 0.6) is 5.75 Å². The van der Waals surface area contributed by atoms with Crippen molar-refractivity contribution in [3.05, 3.63) is 64.7 Å². The summed E-state index contributed by atoms with van der Waals surface area (Å²) >= 11 is 0. The van der Waals surface area contributed by atoms with Crippen LogP contribution in [0.4, 0.5) is 0 Å². The maximum absolute atomic E-state index is 12.3. The van der Waals surface area contributed by atoms with E-state index in [0.29, 0.717) is 12.5 Å². The van der Waals surface area contributed by atoms with Crippen LogP contribution in [0.1, 0.15) is 68.2 Å². The van der Waals surface area contributed by atoms with Crippen molar-refractivity contribution in [3.63, 3.8) is 0 Å². The molecule has 1 atom stereocenters. The zero-order valence-corrected chi connectivity index (χ0v) is 17.5. The zero-order valence-electron chi connectivity index (χ0n) is 17.5. The lowest BCUT2D eigenvalue weighted by atomic mass is 9.92. The van der Waals surface area contributed by atoms with Gasteiger partial charge in [0.05, 0.1) is 0 Å². The van der Waals surface area contributed by atoms with Crippen molar-refractivity contribution in [2.45, 2.75) is 71.3 Å². The molecule has 0 bridgehead atoms. The fourth-order valence-corrected chi connectivity index (χ4v) is 3.76. The first kappa shape index (κ1) is 20.4. The monoisotopic (exact) mass is 379 g/mol. The summed E-state index contributed by atoms with van der Waals surface area (Å²) in [4.78, 5) is 12.3. The highest BCUT2D eigenvalue weighted by Crippen LogP contribution is 2.25. The molecule has 150 valence electrons. The molecule has 0 unspecified atom stereocenters. The normalized spacial score (nSPS) is 14.4. The van der Waals surface area contributed by atoms with Gasteiger partial charge >= 0.3 is 0 Å². The predicted octanol–water partition coefficient (Wildman–Crippen LogP) is 5.21. The number of fused-ring (bicyclic) bond motifs is 1. The fraction of sp³-hybridized carbons (Fsp3) is 0.480. The van der Waals surface area contributed by atoms with Crippen LogP contribution in [-0.2, 0) is 24.1 Å². The molecule has 2 aromatic carbocycles. The van der Waals surface area contributed by atoms with Gasteiger partial charge in [-0.05, 0) is 85.8 Å². The van der Waals surface area contributed by atoms with E-state index in [9.17, 15) is 4.79 Å². The van der Waals surface area contributed by atoms with E-state index >= 15 is 0 Å². The van der Waals surface area contributed by atoms with Gasteiger partial charge in [0.25, 0.3) is 5.91 Å². The molecule has 0 spiro atoms. The summed E-state index contributed by atoms with van der Waals surface area (Å²) in [5.41, 5.74) is 5.49. The SMILES string of the molecule is CC(C)c1ccc(CCCNC(=O)[C@@H](C)Oc2ccc3c(c2)CCCC3)cc1. The first-order valence-electron chi connectivity index (χ1n) is 10.7. The summed E-state index contributed by atoms with van der Waals surface area (Å²) in [6, 6.07) is 15.0. The number of carbonyl (C=O) groups excluding carboxylic acids is 1. The first-order chi connectivity index (χ1) is 13.5. The lowest BCUT2D eigenvalue weighted by Gasteiger charge is -2.19. The van der Waals surface area contributed by atoms with Crippen molar-refractivity contribution in [1.29, 1.82) is 0 Å². The van der Waals surface area contributed by atoms with Crippen molar-refractivity contribution >= 4 is 5.91 Å². The lowest BCUT2D eigenvalue weighted by Crippen LogP contribution is -2.37. The molecule has 0 saturated heterocycles. The summed E-state index contributed by atoms with van der Waals surface area (Å²) in [7, 11) is 0. The minimum Gasteiger partial charge on any atom is -0.481 e. The van der Waals surface area contributed by atoms with Gasteiger partial charge < -0.3 is 10.1 Å². The van der Waals surface area contributed by atoms with Crippen LogP contribution in [0.15, 0.2) is 42.5 Å². The number of rotatable bonds is 8. The molecule has 1 amide bonds. The first-order valence-corrected chi connectivity index (χ1v) is 10.7. The van der Waals surface area contributed by atoms with Gasteiger partial charge in [-0.2, -0.15) is 0 Å². The maximum Gasteiger partial charge on any atom is 0.260 e. The van der Waals surface area contributed by atoms with Gasteiger partial charge in [0.15, 0.2) is 6.10 Å². The molecule has 0 aromatic heterocycles. The highest BCUT2D eigenvalue weighted by atomic mass is 16.5. The largest absolute Gasteiger partial charge is 0.481 e. The van der Waals surface area contributed by atoms with E-state index in [1.54, 1.807) is 0 Å². The van der Waals surface area contributed by atoms with Crippen LogP contribution in [0, 0.1) is 0 Å². The van der Waals surface area contributed by atoms with Crippen LogP contribution >= 0.6 is 0 Å². The van der Waals surface area contributed by atoms with Crippen LogP contribution in [0.2, 0.25) is 0 Å². The molecule has 2 aromatic rings. The summed E-state index contributed by atoms with van der Waals surface area (Å²) in [5, 5.41) is 3.00. The Labute approximate surface area is 169 Å². The van der Waals surface area contributed by atoms with Gasteiger partial charge in [-0.25, -0.2) is 0 Å². The molecule has 0 heterocycles. The fourth-order valence-electron chi connectivity index (χ4n) is 3.76. The average molecular weight is 380 g/mol. The Morgan fingerprint density at radius 3 is 2.43 bits per heavy atom. The van der Waals surface area contributed by atoms with Crippen LogP contribution in [0.25, 0.3) is 0 Å². The van der Waals surface area contributed by atoms with Gasteiger partial charge in [-0.1, -0.05) is 44.2 Å². The Morgan fingerprint density at radius 2 is 1.71 bits per heavy atom. The molecule has 3 heteroatoms. The summed E-state index contributed by atoms with van der Waals surface area (Å²) < 4.78 is 5.88. The molecule has 1 N–H and O–H groups in total. The molecule has 3 rings (SSSR count). The average Bonchev–Trinajstić information content (AvgIpc) is 2.71. The molecule has 0 aliphatic heterocycles. The van der Waals surface area contributed by atoms with E-state index in [-0.39, 0.29) is 5.91 Å². The molecule has 1 aliphatic rings. The van der Waals surface area contributed by atoms with Gasteiger partial charge in [0.2, 0.25) is 0 Å². The molecule has 0 saturated carbocycles. The number of ether oxygens (including phenoxy) is 1. The number of benzene rings is 2. The maximum atomic E-state index is 12.3. The van der Waals surface area contributed by atoms with Crippen LogP contribution in [-0.4, -0.2) is 18.6 Å². The Balaban J connectivity index is 1.40. The Bertz CT molecular complexity index is 780. The third-order valence-corrected chi connectivity index (χ3v) is 5.59. The Kier molecular flexibility index (Phi) is 7.13. The Hall–Kier alpha value is -2.29. The van der Waals surface area contributed by atoms with Crippen molar-refractivity contribution in [3.8, 4) is 5.75 Å².